The second kappa shape index (κ2) is 12.6. The highest BCUT2D eigenvalue weighted by Gasteiger charge is 2.45. The predicted octanol–water partition coefficient (Wildman–Crippen LogP) is 8.21. The molecular weight excluding hydrogens is 702 g/mol. The topological polar surface area (TPSA) is 151 Å². The number of carbonyl (C=O) groups excluding carboxylic acids is 1. The molecule has 0 radical (unpaired) electrons. The van der Waals surface area contributed by atoms with Crippen molar-refractivity contribution < 1.29 is 31.1 Å². The Bertz CT molecular complexity index is 2410. The number of nitriles is 1. The molecule has 4 aromatic heterocycles. The van der Waals surface area contributed by atoms with E-state index in [-0.39, 0.29) is 45.3 Å². The first-order valence-corrected chi connectivity index (χ1v) is 16.5. The summed E-state index contributed by atoms with van der Waals surface area (Å²) in [5, 5.41) is 21.4. The summed E-state index contributed by atoms with van der Waals surface area (Å²) in [6.45, 7) is 5.31. The molecule has 2 aliphatic rings. The molecule has 2 saturated carbocycles. The summed E-state index contributed by atoms with van der Waals surface area (Å²) in [7, 11) is 0. The first kappa shape index (κ1) is 35.5. The molecule has 2 N–H and O–H groups in total. The number of hydrogen-bond donors (Lipinski definition) is 2. The number of benzene rings is 2. The predicted molar refractivity (Wildman–Crippen MR) is 181 cm³/mol. The number of nitrogens with one attached hydrogen (secondary N) is 2. The fourth-order valence-corrected chi connectivity index (χ4v) is 6.01. The molecule has 0 bridgehead atoms. The second-order valence-corrected chi connectivity index (χ2v) is 14.0. The van der Waals surface area contributed by atoms with Crippen LogP contribution in [0.2, 0.25) is 0 Å². The number of aromatic amines is 1. The molecule has 2 aliphatic carbocycles. The number of fused-ring (bicyclic) bond motifs is 2. The van der Waals surface area contributed by atoms with Crippen LogP contribution in [0.4, 0.5) is 32.0 Å². The van der Waals surface area contributed by atoms with Crippen molar-refractivity contribution in [1.29, 1.82) is 5.26 Å². The van der Waals surface area contributed by atoms with Crippen molar-refractivity contribution in [3.8, 4) is 28.6 Å². The molecule has 0 atom stereocenters. The molecule has 0 saturated heterocycles. The maximum absolute atomic E-state index is 13.8. The smallest absolute Gasteiger partial charge is 0.326 e. The molecule has 4 heterocycles. The lowest BCUT2D eigenvalue weighted by Gasteiger charge is -2.19. The van der Waals surface area contributed by atoms with Crippen molar-refractivity contribution in [3.63, 3.8) is 0 Å². The molecule has 6 aromatic rings. The van der Waals surface area contributed by atoms with Crippen LogP contribution < -0.4 is 5.32 Å². The molecule has 0 aliphatic heterocycles. The number of alkyl halides is 6. The fourth-order valence-electron chi connectivity index (χ4n) is 6.01. The van der Waals surface area contributed by atoms with Crippen molar-refractivity contribution in [2.75, 3.05) is 5.32 Å². The fraction of sp³-hybridized carbons (Fsp3) is 0.333. The number of hydrogen-bond acceptors (Lipinski definition) is 8. The maximum atomic E-state index is 13.8. The summed E-state index contributed by atoms with van der Waals surface area (Å²) in [6, 6.07) is 15.9. The molecule has 11 nitrogen and oxygen atoms in total. The first-order valence-electron chi connectivity index (χ1n) is 16.5. The van der Waals surface area contributed by atoms with Crippen LogP contribution in [0.3, 0.4) is 0 Å². The lowest BCUT2D eigenvalue weighted by Crippen LogP contribution is -2.24. The Kier molecular flexibility index (Phi) is 8.46. The molecule has 2 aromatic carbocycles. The van der Waals surface area contributed by atoms with E-state index in [1.807, 2.05) is 11.2 Å². The normalized spacial score (nSPS) is 15.5. The molecule has 272 valence electrons. The summed E-state index contributed by atoms with van der Waals surface area (Å²) in [4.78, 5) is 27.9. The van der Waals surface area contributed by atoms with E-state index in [4.69, 9.17) is 0 Å². The van der Waals surface area contributed by atoms with E-state index in [2.05, 4.69) is 41.5 Å². The van der Waals surface area contributed by atoms with Gasteiger partial charge in [0.1, 0.15) is 12.7 Å². The highest BCUT2D eigenvalue weighted by Crippen LogP contribution is 2.48. The van der Waals surface area contributed by atoms with Crippen LogP contribution in [-0.2, 0) is 28.1 Å². The largest absolute Gasteiger partial charge is 0.435 e. The summed E-state index contributed by atoms with van der Waals surface area (Å²) < 4.78 is 82.2. The Balaban J connectivity index is 0.000000165. The van der Waals surface area contributed by atoms with Gasteiger partial charge in [-0.05, 0) is 70.2 Å². The average Bonchev–Trinajstić information content (AvgIpc) is 4.03. The van der Waals surface area contributed by atoms with Crippen LogP contribution in [0, 0.1) is 17.2 Å². The van der Waals surface area contributed by atoms with Gasteiger partial charge in [-0.25, -0.2) is 24.6 Å². The molecule has 1 amide bonds. The van der Waals surface area contributed by atoms with Crippen LogP contribution in [0.15, 0.2) is 61.2 Å². The molecule has 0 unspecified atom stereocenters. The SMILES string of the molecule is CC(C)(C)n1nc(C(F)(F)F)c2c(-c3cccc(C4(C#N)CC4)c3)ncnc21.O=C(Nc1cccc(-c2ncnc3n[nH]c(C(F)(F)F)c23)c1)C1CC1. The van der Waals surface area contributed by atoms with E-state index in [1.165, 1.54) is 11.0 Å². The Labute approximate surface area is 297 Å². The van der Waals surface area contributed by atoms with E-state index in [0.717, 1.165) is 37.6 Å². The molecule has 53 heavy (non-hydrogen) atoms. The van der Waals surface area contributed by atoms with Crippen molar-refractivity contribution in [2.24, 2.45) is 5.92 Å². The van der Waals surface area contributed by atoms with Gasteiger partial charge in [-0.15, -0.1) is 0 Å². The number of amides is 1. The van der Waals surface area contributed by atoms with Gasteiger partial charge in [0, 0.05) is 22.7 Å². The number of aromatic nitrogens is 8. The zero-order valence-electron chi connectivity index (χ0n) is 28.4. The van der Waals surface area contributed by atoms with Gasteiger partial charge in [0.05, 0.1) is 39.2 Å². The van der Waals surface area contributed by atoms with Gasteiger partial charge in [0.15, 0.2) is 22.7 Å². The summed E-state index contributed by atoms with van der Waals surface area (Å²) in [5.74, 6) is -0.0515. The Morgan fingerprint density at radius 3 is 2.13 bits per heavy atom. The zero-order chi connectivity index (χ0) is 37.9. The van der Waals surface area contributed by atoms with Crippen LogP contribution >= 0.6 is 0 Å². The quantitative estimate of drug-likeness (QED) is 0.168. The number of carbonyl (C=O) groups is 1. The Morgan fingerprint density at radius 1 is 0.887 bits per heavy atom. The highest BCUT2D eigenvalue weighted by molar-refractivity contribution is 5.97. The van der Waals surface area contributed by atoms with Gasteiger partial charge in [-0.1, -0.05) is 30.3 Å². The van der Waals surface area contributed by atoms with E-state index < -0.39 is 34.7 Å². The van der Waals surface area contributed by atoms with Gasteiger partial charge in [-0.3, -0.25) is 9.89 Å². The van der Waals surface area contributed by atoms with Gasteiger partial charge in [0.2, 0.25) is 5.91 Å². The van der Waals surface area contributed by atoms with Crippen molar-refractivity contribution in [2.45, 2.75) is 69.8 Å². The third-order valence-electron chi connectivity index (χ3n) is 9.01. The van der Waals surface area contributed by atoms with Crippen LogP contribution in [0.1, 0.15) is 63.4 Å². The van der Waals surface area contributed by atoms with Crippen molar-refractivity contribution >= 4 is 33.7 Å². The van der Waals surface area contributed by atoms with Crippen LogP contribution in [0.25, 0.3) is 44.6 Å². The average molecular weight is 733 g/mol. The Morgan fingerprint density at radius 2 is 1.53 bits per heavy atom. The third kappa shape index (κ3) is 6.88. The van der Waals surface area contributed by atoms with E-state index in [1.54, 1.807) is 63.2 Å². The number of rotatable bonds is 5. The van der Waals surface area contributed by atoms with E-state index in [9.17, 15) is 36.4 Å². The number of nitrogens with zero attached hydrogens (tertiary/aromatic N) is 8. The van der Waals surface area contributed by atoms with Crippen LogP contribution in [0.5, 0.6) is 0 Å². The monoisotopic (exact) mass is 732 g/mol. The van der Waals surface area contributed by atoms with Crippen LogP contribution in [-0.4, -0.2) is 45.8 Å². The van der Waals surface area contributed by atoms with Gasteiger partial charge in [0.25, 0.3) is 0 Å². The van der Waals surface area contributed by atoms with Gasteiger partial charge in [-0.2, -0.15) is 41.8 Å². The lowest BCUT2D eigenvalue weighted by molar-refractivity contribution is -0.141. The Hall–Kier alpha value is -5.92. The number of halogens is 6. The molecular formula is C36H30F6N10O. The third-order valence-corrected chi connectivity index (χ3v) is 9.01. The van der Waals surface area contributed by atoms with E-state index >= 15 is 0 Å². The van der Waals surface area contributed by atoms with Crippen molar-refractivity contribution in [1.82, 2.24) is 39.9 Å². The highest BCUT2D eigenvalue weighted by atomic mass is 19.4. The molecule has 0 spiro atoms. The minimum atomic E-state index is -4.64. The molecule has 2 fully saturated rings. The van der Waals surface area contributed by atoms with Gasteiger partial charge >= 0.3 is 12.4 Å². The molecule has 8 rings (SSSR count). The number of H-pyrrole nitrogens is 1. The second-order valence-electron chi connectivity index (χ2n) is 14.0. The van der Waals surface area contributed by atoms with Crippen molar-refractivity contribution in [3.05, 3.63) is 78.1 Å². The van der Waals surface area contributed by atoms with E-state index in [0.29, 0.717) is 16.8 Å². The summed E-state index contributed by atoms with van der Waals surface area (Å²) in [6.07, 6.45) is -3.60. The molecule has 17 heteroatoms. The maximum Gasteiger partial charge on any atom is 0.435 e. The minimum absolute atomic E-state index is 0.0279. The van der Waals surface area contributed by atoms with Gasteiger partial charge < -0.3 is 5.32 Å². The minimum Gasteiger partial charge on any atom is -0.326 e. The number of anilines is 1. The summed E-state index contributed by atoms with van der Waals surface area (Å²) >= 11 is 0. The lowest BCUT2D eigenvalue weighted by atomic mass is 9.94. The standard InChI is InChI=1S/C20H18F3N5.C16H12F3N5O/c1-18(2,3)28-17-14(16(27-28)20(21,22)23)15(25-11-26-17)12-5-4-6-13(9-12)19(10-24)7-8-19;17-16(18,19)13-11-12(20-7-21-14(11)24-23-13)9-2-1-3-10(6-9)22-15(25)8-4-5-8/h4-6,9,11H,7-8H2,1-3H3;1-3,6-8H,4-5H2,(H,22,25)(H,20,21,23,24). The summed E-state index contributed by atoms with van der Waals surface area (Å²) in [5.41, 5.74) is -0.602. The zero-order valence-corrected chi connectivity index (χ0v) is 28.4. The first-order chi connectivity index (χ1) is 25.0.